The molecule has 0 aromatic heterocycles. The fraction of sp³-hybridized carbons (Fsp3) is 0.0345. The van der Waals surface area contributed by atoms with Crippen LogP contribution in [0.3, 0.4) is 0 Å². The summed E-state index contributed by atoms with van der Waals surface area (Å²) in [6.45, 7) is 1.75. The predicted molar refractivity (Wildman–Crippen MR) is 129 cm³/mol. The van der Waals surface area contributed by atoms with E-state index in [2.05, 4.69) is 0 Å². The third-order valence-corrected chi connectivity index (χ3v) is 5.96. The molecule has 0 saturated carbocycles. The van der Waals surface area contributed by atoms with E-state index in [0.717, 1.165) is 35.0 Å². The lowest BCUT2D eigenvalue weighted by Gasteiger charge is -2.16. The number of benzene rings is 5. The van der Waals surface area contributed by atoms with Gasteiger partial charge in [0.05, 0.1) is 11.1 Å². The van der Waals surface area contributed by atoms with Crippen molar-refractivity contribution in [1.29, 1.82) is 0 Å². The summed E-state index contributed by atoms with van der Waals surface area (Å²) in [7, 11) is 0. The first kappa shape index (κ1) is 24.0. The van der Waals surface area contributed by atoms with Crippen LogP contribution in [0.4, 0.5) is 17.6 Å². The SMILES string of the molecule is Cc1c2ccccc2cc2c(OC(=O)c3cccc(F)c3F)ccc(OC(=O)c3cccc(F)c3F)c12. The molecule has 0 saturated heterocycles. The van der Waals surface area contributed by atoms with Crippen molar-refractivity contribution in [2.45, 2.75) is 6.92 Å². The van der Waals surface area contributed by atoms with Crippen molar-refractivity contribution in [3.8, 4) is 11.5 Å². The van der Waals surface area contributed by atoms with Crippen LogP contribution in [0.5, 0.6) is 11.5 Å². The summed E-state index contributed by atoms with van der Waals surface area (Å²) in [5.41, 5.74) is -0.545. The van der Waals surface area contributed by atoms with Gasteiger partial charge in [-0.1, -0.05) is 36.4 Å². The summed E-state index contributed by atoms with van der Waals surface area (Å²) in [5, 5.41) is 2.24. The van der Waals surface area contributed by atoms with Crippen molar-refractivity contribution in [3.05, 3.63) is 119 Å². The molecule has 5 rings (SSSR count). The molecule has 8 heteroatoms. The van der Waals surface area contributed by atoms with E-state index < -0.39 is 46.3 Å². The van der Waals surface area contributed by atoms with E-state index in [1.165, 1.54) is 24.3 Å². The Morgan fingerprint density at radius 2 is 1.16 bits per heavy atom. The Balaban J connectivity index is 1.64. The highest BCUT2D eigenvalue weighted by atomic mass is 19.2. The molecule has 0 N–H and O–H groups in total. The lowest BCUT2D eigenvalue weighted by atomic mass is 9.96. The van der Waals surface area contributed by atoms with Gasteiger partial charge in [-0.3, -0.25) is 0 Å². The monoisotopic (exact) mass is 504 g/mol. The third-order valence-electron chi connectivity index (χ3n) is 5.96. The zero-order chi connectivity index (χ0) is 26.3. The Kier molecular flexibility index (Phi) is 6.09. The lowest BCUT2D eigenvalue weighted by molar-refractivity contribution is 0.0716. The summed E-state index contributed by atoms with van der Waals surface area (Å²) in [6.07, 6.45) is 0. The van der Waals surface area contributed by atoms with Crippen LogP contribution in [0, 0.1) is 30.2 Å². The molecule has 0 aliphatic heterocycles. The van der Waals surface area contributed by atoms with Crippen molar-refractivity contribution in [2.75, 3.05) is 0 Å². The maximum absolute atomic E-state index is 14.2. The molecular weight excluding hydrogens is 488 g/mol. The van der Waals surface area contributed by atoms with Crippen molar-refractivity contribution < 1.29 is 36.6 Å². The van der Waals surface area contributed by atoms with Crippen molar-refractivity contribution in [2.24, 2.45) is 0 Å². The Labute approximate surface area is 207 Å². The highest BCUT2D eigenvalue weighted by Gasteiger charge is 2.23. The number of carbonyl (C=O) groups excluding carboxylic acids is 2. The number of hydrogen-bond donors (Lipinski definition) is 0. The summed E-state index contributed by atoms with van der Waals surface area (Å²) in [4.78, 5) is 25.4. The third kappa shape index (κ3) is 4.27. The molecule has 184 valence electrons. The van der Waals surface area contributed by atoms with Gasteiger partial charge in [0.15, 0.2) is 23.3 Å². The number of carbonyl (C=O) groups is 2. The van der Waals surface area contributed by atoms with Crippen LogP contribution in [0.1, 0.15) is 26.3 Å². The molecule has 0 spiro atoms. The van der Waals surface area contributed by atoms with Gasteiger partial charge in [-0.25, -0.2) is 27.2 Å². The molecule has 5 aromatic rings. The molecule has 0 fully saturated rings. The molecule has 0 bridgehead atoms. The van der Waals surface area contributed by atoms with E-state index in [9.17, 15) is 27.2 Å². The van der Waals surface area contributed by atoms with Gasteiger partial charge in [0.2, 0.25) is 0 Å². The minimum atomic E-state index is -1.35. The quantitative estimate of drug-likeness (QED) is 0.112. The van der Waals surface area contributed by atoms with Crippen LogP contribution in [0.15, 0.2) is 78.9 Å². The largest absolute Gasteiger partial charge is 0.422 e. The van der Waals surface area contributed by atoms with E-state index in [0.29, 0.717) is 16.3 Å². The van der Waals surface area contributed by atoms with Gasteiger partial charge in [0.25, 0.3) is 0 Å². The van der Waals surface area contributed by atoms with Gasteiger partial charge in [-0.05, 0) is 65.7 Å². The maximum atomic E-state index is 14.2. The predicted octanol–water partition coefficient (Wildman–Crippen LogP) is 7.30. The molecule has 0 heterocycles. The van der Waals surface area contributed by atoms with Crippen molar-refractivity contribution in [1.82, 2.24) is 0 Å². The topological polar surface area (TPSA) is 52.6 Å². The molecule has 0 amide bonds. The van der Waals surface area contributed by atoms with Gasteiger partial charge in [-0.2, -0.15) is 0 Å². The zero-order valence-electron chi connectivity index (χ0n) is 19.2. The molecule has 0 aliphatic rings. The minimum Gasteiger partial charge on any atom is -0.422 e. The minimum absolute atomic E-state index is 0.00338. The van der Waals surface area contributed by atoms with Crippen LogP contribution < -0.4 is 9.47 Å². The molecule has 0 atom stereocenters. The molecule has 0 radical (unpaired) electrons. The summed E-state index contributed by atoms with van der Waals surface area (Å²) in [5.74, 6) is -7.35. The van der Waals surface area contributed by atoms with Crippen molar-refractivity contribution >= 4 is 33.5 Å². The van der Waals surface area contributed by atoms with Crippen LogP contribution in [0.2, 0.25) is 0 Å². The second-order valence-electron chi connectivity index (χ2n) is 8.19. The van der Waals surface area contributed by atoms with Crippen LogP contribution >= 0.6 is 0 Å². The zero-order valence-corrected chi connectivity index (χ0v) is 19.2. The number of hydrogen-bond acceptors (Lipinski definition) is 4. The molecule has 0 aliphatic carbocycles. The fourth-order valence-corrected chi connectivity index (χ4v) is 4.17. The second-order valence-corrected chi connectivity index (χ2v) is 8.19. The van der Waals surface area contributed by atoms with Gasteiger partial charge in [0.1, 0.15) is 11.5 Å². The van der Waals surface area contributed by atoms with Gasteiger partial charge >= 0.3 is 11.9 Å². The van der Waals surface area contributed by atoms with Gasteiger partial charge in [0, 0.05) is 10.8 Å². The number of fused-ring (bicyclic) bond motifs is 2. The number of aryl methyl sites for hydroxylation is 1. The summed E-state index contributed by atoms with van der Waals surface area (Å²) >= 11 is 0. The number of halogens is 4. The number of ether oxygens (including phenoxy) is 2. The Morgan fingerprint density at radius 3 is 1.78 bits per heavy atom. The molecule has 0 unspecified atom stereocenters. The average Bonchev–Trinajstić information content (AvgIpc) is 2.88. The molecule has 4 nitrogen and oxygen atoms in total. The highest BCUT2D eigenvalue weighted by molar-refractivity contribution is 6.09. The Morgan fingerprint density at radius 1 is 0.622 bits per heavy atom. The average molecular weight is 504 g/mol. The van der Waals surface area contributed by atoms with Crippen molar-refractivity contribution in [3.63, 3.8) is 0 Å². The molecular formula is C29H16F4O4. The van der Waals surface area contributed by atoms with E-state index in [-0.39, 0.29) is 11.5 Å². The second kappa shape index (κ2) is 9.39. The smallest absolute Gasteiger partial charge is 0.346 e. The lowest BCUT2D eigenvalue weighted by Crippen LogP contribution is -2.13. The van der Waals surface area contributed by atoms with E-state index in [1.54, 1.807) is 19.1 Å². The standard InChI is InChI=1S/C29H16F4O4/c1-15-17-7-3-2-6-16(17)14-20-23(36-28(34)18-8-4-10-21(30)26(18)32)12-13-24(25(15)20)37-29(35)19-9-5-11-22(31)27(19)33/h2-14H,1H3. The van der Waals surface area contributed by atoms with Crippen LogP contribution in [0.25, 0.3) is 21.5 Å². The first-order valence-corrected chi connectivity index (χ1v) is 11.0. The van der Waals surface area contributed by atoms with Crippen LogP contribution in [-0.2, 0) is 0 Å². The first-order valence-electron chi connectivity index (χ1n) is 11.0. The van der Waals surface area contributed by atoms with E-state index in [1.807, 2.05) is 18.2 Å². The van der Waals surface area contributed by atoms with Gasteiger partial charge < -0.3 is 9.47 Å². The molecule has 5 aromatic carbocycles. The van der Waals surface area contributed by atoms with E-state index >= 15 is 0 Å². The Hall–Kier alpha value is -4.72. The summed E-state index contributed by atoms with van der Waals surface area (Å²) in [6, 6.07) is 17.9. The van der Waals surface area contributed by atoms with Gasteiger partial charge in [-0.15, -0.1) is 0 Å². The molecule has 37 heavy (non-hydrogen) atoms. The summed E-state index contributed by atoms with van der Waals surface area (Å²) < 4.78 is 66.6. The first-order chi connectivity index (χ1) is 17.8. The Bertz CT molecular complexity index is 1730. The number of rotatable bonds is 4. The normalized spacial score (nSPS) is 11.1. The van der Waals surface area contributed by atoms with E-state index in [4.69, 9.17) is 9.47 Å². The van der Waals surface area contributed by atoms with Crippen LogP contribution in [-0.4, -0.2) is 11.9 Å². The highest BCUT2D eigenvalue weighted by Crippen LogP contribution is 2.40. The number of esters is 2. The fourth-order valence-electron chi connectivity index (χ4n) is 4.17. The maximum Gasteiger partial charge on any atom is 0.346 e.